The summed E-state index contributed by atoms with van der Waals surface area (Å²) in [6.45, 7) is 2.05. The fraction of sp³-hybridized carbons (Fsp3) is 0.556. The zero-order chi connectivity index (χ0) is 10.4. The van der Waals surface area contributed by atoms with Crippen LogP contribution in [0.1, 0.15) is 30.3 Å². The Bertz CT molecular complexity index is 272. The van der Waals surface area contributed by atoms with Crippen molar-refractivity contribution in [3.63, 3.8) is 0 Å². The van der Waals surface area contributed by atoms with E-state index in [2.05, 4.69) is 15.3 Å². The average molecular weight is 197 g/mol. The third-order valence-corrected chi connectivity index (χ3v) is 2.05. The van der Waals surface area contributed by atoms with E-state index in [0.717, 1.165) is 6.42 Å². The number of imidazole rings is 1. The van der Waals surface area contributed by atoms with E-state index in [-0.39, 0.29) is 18.6 Å². The third-order valence-electron chi connectivity index (χ3n) is 2.05. The number of aliphatic hydroxyl groups is 1. The molecule has 0 fully saturated rings. The first-order chi connectivity index (χ1) is 6.77. The summed E-state index contributed by atoms with van der Waals surface area (Å²) in [5.74, 6) is -0.178. The molecule has 0 bridgehead atoms. The van der Waals surface area contributed by atoms with Gasteiger partial charge in [-0.1, -0.05) is 6.92 Å². The van der Waals surface area contributed by atoms with Crippen LogP contribution in [0, 0.1) is 0 Å². The van der Waals surface area contributed by atoms with Crippen molar-refractivity contribution < 1.29 is 9.90 Å². The summed E-state index contributed by atoms with van der Waals surface area (Å²) in [4.78, 5) is 18.0. The zero-order valence-corrected chi connectivity index (χ0v) is 8.16. The Balaban J connectivity index is 2.47. The van der Waals surface area contributed by atoms with Crippen molar-refractivity contribution in [2.75, 3.05) is 6.61 Å². The van der Waals surface area contributed by atoms with Crippen LogP contribution in [0.5, 0.6) is 0 Å². The molecular formula is C9H15N3O2. The molecule has 0 saturated heterocycles. The molecule has 0 radical (unpaired) electrons. The fourth-order valence-corrected chi connectivity index (χ4v) is 1.18. The van der Waals surface area contributed by atoms with Crippen LogP contribution < -0.4 is 5.32 Å². The minimum atomic E-state index is -0.178. The number of nitrogens with zero attached hydrogens (tertiary/aromatic N) is 1. The second-order valence-electron chi connectivity index (χ2n) is 3.06. The lowest BCUT2D eigenvalue weighted by molar-refractivity contribution is 0.0924. The van der Waals surface area contributed by atoms with Gasteiger partial charge in [0, 0.05) is 12.6 Å². The first-order valence-corrected chi connectivity index (χ1v) is 4.68. The van der Waals surface area contributed by atoms with Gasteiger partial charge in [0.25, 0.3) is 5.91 Å². The number of aromatic amines is 1. The highest BCUT2D eigenvalue weighted by Crippen LogP contribution is 1.99. The maximum Gasteiger partial charge on any atom is 0.269 e. The molecule has 5 nitrogen and oxygen atoms in total. The van der Waals surface area contributed by atoms with Gasteiger partial charge < -0.3 is 15.4 Å². The Morgan fingerprint density at radius 2 is 2.57 bits per heavy atom. The molecule has 0 aliphatic rings. The molecule has 1 amide bonds. The Hall–Kier alpha value is -1.36. The number of carbonyl (C=O) groups excluding carboxylic acids is 1. The van der Waals surface area contributed by atoms with E-state index >= 15 is 0 Å². The molecule has 0 aliphatic heterocycles. The first-order valence-electron chi connectivity index (χ1n) is 4.68. The van der Waals surface area contributed by atoms with Gasteiger partial charge in [-0.3, -0.25) is 4.79 Å². The van der Waals surface area contributed by atoms with E-state index < -0.39 is 0 Å². The second-order valence-corrected chi connectivity index (χ2v) is 3.06. The molecular weight excluding hydrogens is 182 g/mol. The van der Waals surface area contributed by atoms with Crippen molar-refractivity contribution in [1.29, 1.82) is 0 Å². The van der Waals surface area contributed by atoms with Crippen LogP contribution in [0.3, 0.4) is 0 Å². The summed E-state index contributed by atoms with van der Waals surface area (Å²) in [7, 11) is 0. The Kier molecular flexibility index (Phi) is 4.12. The lowest BCUT2D eigenvalue weighted by Crippen LogP contribution is -2.35. The molecule has 1 rings (SSSR count). The molecule has 1 atom stereocenters. The molecule has 0 aromatic carbocycles. The zero-order valence-electron chi connectivity index (χ0n) is 8.16. The first kappa shape index (κ1) is 10.7. The van der Waals surface area contributed by atoms with Crippen LogP contribution in [0.15, 0.2) is 12.5 Å². The number of amides is 1. The Morgan fingerprint density at radius 3 is 3.07 bits per heavy atom. The maximum atomic E-state index is 11.5. The van der Waals surface area contributed by atoms with Crippen molar-refractivity contribution >= 4 is 5.91 Å². The Labute approximate surface area is 82.6 Å². The van der Waals surface area contributed by atoms with Gasteiger partial charge in [0.2, 0.25) is 0 Å². The molecule has 0 saturated carbocycles. The molecule has 0 aliphatic carbocycles. The summed E-state index contributed by atoms with van der Waals surface area (Å²) in [6, 6.07) is 0.0239. The molecule has 3 N–H and O–H groups in total. The van der Waals surface area contributed by atoms with E-state index in [0.29, 0.717) is 12.1 Å². The smallest absolute Gasteiger partial charge is 0.269 e. The predicted octanol–water partition coefficient (Wildman–Crippen LogP) is 0.300. The molecule has 5 heteroatoms. The van der Waals surface area contributed by atoms with Crippen LogP contribution in [-0.4, -0.2) is 33.6 Å². The fourth-order valence-electron chi connectivity index (χ4n) is 1.18. The van der Waals surface area contributed by atoms with Crippen molar-refractivity contribution in [2.24, 2.45) is 0 Å². The third kappa shape index (κ3) is 2.85. The van der Waals surface area contributed by atoms with Crippen molar-refractivity contribution in [3.8, 4) is 0 Å². The van der Waals surface area contributed by atoms with Gasteiger partial charge in [0.15, 0.2) is 0 Å². The lowest BCUT2D eigenvalue weighted by atomic mass is 10.1. The van der Waals surface area contributed by atoms with Gasteiger partial charge in [-0.15, -0.1) is 0 Å². The summed E-state index contributed by atoms with van der Waals surface area (Å²) in [5, 5.41) is 11.5. The summed E-state index contributed by atoms with van der Waals surface area (Å²) in [5.41, 5.74) is 0.446. The predicted molar refractivity (Wildman–Crippen MR) is 51.8 cm³/mol. The number of aromatic nitrogens is 2. The highest BCUT2D eigenvalue weighted by Gasteiger charge is 2.11. The van der Waals surface area contributed by atoms with Gasteiger partial charge >= 0.3 is 0 Å². The number of H-pyrrole nitrogens is 1. The second kappa shape index (κ2) is 5.39. The molecule has 1 aromatic heterocycles. The SMILES string of the molecule is CCC(CCO)NC(=O)c1cnc[nH]1. The largest absolute Gasteiger partial charge is 0.396 e. The minimum absolute atomic E-state index is 0.0239. The van der Waals surface area contributed by atoms with Gasteiger partial charge in [-0.2, -0.15) is 0 Å². The molecule has 78 valence electrons. The quantitative estimate of drug-likeness (QED) is 0.635. The standard InChI is InChI=1S/C9H15N3O2/c1-2-7(3-4-13)12-9(14)8-5-10-6-11-8/h5-7,13H,2-4H2,1H3,(H,10,11)(H,12,14). The highest BCUT2D eigenvalue weighted by atomic mass is 16.3. The monoisotopic (exact) mass is 197 g/mol. The van der Waals surface area contributed by atoms with Crippen LogP contribution in [0.2, 0.25) is 0 Å². The van der Waals surface area contributed by atoms with E-state index in [1.165, 1.54) is 12.5 Å². The lowest BCUT2D eigenvalue weighted by Gasteiger charge is -2.14. The summed E-state index contributed by atoms with van der Waals surface area (Å²) in [6.07, 6.45) is 4.32. The molecule has 1 heterocycles. The number of aliphatic hydroxyl groups excluding tert-OH is 1. The van der Waals surface area contributed by atoms with Crippen molar-refractivity contribution in [2.45, 2.75) is 25.8 Å². The van der Waals surface area contributed by atoms with Gasteiger partial charge in [-0.25, -0.2) is 4.98 Å². The summed E-state index contributed by atoms with van der Waals surface area (Å²) < 4.78 is 0. The number of hydrogen-bond donors (Lipinski definition) is 3. The van der Waals surface area contributed by atoms with Crippen LogP contribution >= 0.6 is 0 Å². The Morgan fingerprint density at radius 1 is 1.79 bits per heavy atom. The normalized spacial score (nSPS) is 12.4. The van der Waals surface area contributed by atoms with E-state index in [9.17, 15) is 4.79 Å². The average Bonchev–Trinajstić information content (AvgIpc) is 2.69. The number of hydrogen-bond acceptors (Lipinski definition) is 3. The van der Waals surface area contributed by atoms with Crippen LogP contribution in [0.4, 0.5) is 0 Å². The number of rotatable bonds is 5. The van der Waals surface area contributed by atoms with Crippen molar-refractivity contribution in [3.05, 3.63) is 18.2 Å². The van der Waals surface area contributed by atoms with Crippen molar-refractivity contribution in [1.82, 2.24) is 15.3 Å². The van der Waals surface area contributed by atoms with Gasteiger partial charge in [0.1, 0.15) is 5.69 Å². The number of carbonyl (C=O) groups is 1. The van der Waals surface area contributed by atoms with Gasteiger partial charge in [0.05, 0.1) is 12.5 Å². The van der Waals surface area contributed by atoms with Crippen LogP contribution in [0.25, 0.3) is 0 Å². The summed E-state index contributed by atoms with van der Waals surface area (Å²) >= 11 is 0. The maximum absolute atomic E-state index is 11.5. The molecule has 1 unspecified atom stereocenters. The van der Waals surface area contributed by atoms with Gasteiger partial charge in [-0.05, 0) is 12.8 Å². The van der Waals surface area contributed by atoms with Crippen LogP contribution in [-0.2, 0) is 0 Å². The van der Waals surface area contributed by atoms with E-state index in [1.807, 2.05) is 6.92 Å². The number of nitrogens with one attached hydrogen (secondary N) is 2. The topological polar surface area (TPSA) is 78.0 Å². The van der Waals surface area contributed by atoms with E-state index in [1.54, 1.807) is 0 Å². The molecule has 0 spiro atoms. The highest BCUT2D eigenvalue weighted by molar-refractivity contribution is 5.92. The molecule has 1 aromatic rings. The minimum Gasteiger partial charge on any atom is -0.396 e. The van der Waals surface area contributed by atoms with E-state index in [4.69, 9.17) is 5.11 Å². The molecule has 14 heavy (non-hydrogen) atoms.